The molecule has 1 heterocycles. The van der Waals surface area contributed by atoms with Crippen molar-refractivity contribution in [2.45, 2.75) is 38.3 Å². The van der Waals surface area contributed by atoms with Gasteiger partial charge in [-0.25, -0.2) is 4.98 Å². The molecule has 0 spiro atoms. The molecule has 1 aliphatic carbocycles. The molecule has 2 unspecified atom stereocenters. The Labute approximate surface area is 102 Å². The third-order valence-electron chi connectivity index (χ3n) is 3.33. The lowest BCUT2D eigenvalue weighted by atomic mass is 10.1. The second kappa shape index (κ2) is 5.15. The second-order valence-electron chi connectivity index (χ2n) is 4.48. The summed E-state index contributed by atoms with van der Waals surface area (Å²) in [5.74, 6) is 0.703. The van der Waals surface area contributed by atoms with Crippen LogP contribution in [0, 0.1) is 18.3 Å². The van der Waals surface area contributed by atoms with Crippen LogP contribution >= 0.6 is 0 Å². The summed E-state index contributed by atoms with van der Waals surface area (Å²) in [6.07, 6.45) is 5.20. The SMILES string of the molecule is COC1CCC(Nc2nccc(C)c2C#N)C1. The zero-order valence-electron chi connectivity index (χ0n) is 10.2. The van der Waals surface area contributed by atoms with Crippen molar-refractivity contribution in [1.82, 2.24) is 4.98 Å². The molecule has 2 atom stereocenters. The van der Waals surface area contributed by atoms with Crippen molar-refractivity contribution in [3.63, 3.8) is 0 Å². The molecule has 1 aliphatic rings. The number of hydrogen-bond donors (Lipinski definition) is 1. The van der Waals surface area contributed by atoms with Gasteiger partial charge in [0.1, 0.15) is 11.9 Å². The van der Waals surface area contributed by atoms with E-state index in [0.29, 0.717) is 23.5 Å². The Morgan fingerprint density at radius 1 is 1.53 bits per heavy atom. The van der Waals surface area contributed by atoms with Crippen LogP contribution in [0.5, 0.6) is 0 Å². The minimum Gasteiger partial charge on any atom is -0.381 e. The normalized spacial score (nSPS) is 23.4. The Balaban J connectivity index is 2.10. The highest BCUT2D eigenvalue weighted by atomic mass is 16.5. The van der Waals surface area contributed by atoms with Crippen LogP contribution in [0.25, 0.3) is 0 Å². The van der Waals surface area contributed by atoms with Crippen LogP contribution in [0.4, 0.5) is 5.82 Å². The van der Waals surface area contributed by atoms with Crippen LogP contribution in [0.15, 0.2) is 12.3 Å². The van der Waals surface area contributed by atoms with E-state index in [4.69, 9.17) is 10.00 Å². The maximum absolute atomic E-state index is 9.12. The lowest BCUT2D eigenvalue weighted by molar-refractivity contribution is 0.108. The van der Waals surface area contributed by atoms with Crippen LogP contribution in [-0.4, -0.2) is 24.2 Å². The second-order valence-corrected chi connectivity index (χ2v) is 4.48. The molecule has 0 radical (unpaired) electrons. The van der Waals surface area contributed by atoms with Gasteiger partial charge in [0, 0.05) is 19.3 Å². The van der Waals surface area contributed by atoms with Crippen molar-refractivity contribution >= 4 is 5.82 Å². The summed E-state index contributed by atoms with van der Waals surface area (Å²) in [4.78, 5) is 4.25. The van der Waals surface area contributed by atoms with Gasteiger partial charge in [-0.3, -0.25) is 0 Å². The van der Waals surface area contributed by atoms with Crippen molar-refractivity contribution in [1.29, 1.82) is 5.26 Å². The minimum absolute atomic E-state index is 0.336. The van der Waals surface area contributed by atoms with Crippen molar-refractivity contribution in [2.24, 2.45) is 0 Å². The summed E-state index contributed by atoms with van der Waals surface area (Å²) in [7, 11) is 1.75. The van der Waals surface area contributed by atoms with E-state index in [1.54, 1.807) is 13.3 Å². The molecule has 0 bridgehead atoms. The molecule has 4 nitrogen and oxygen atoms in total. The number of anilines is 1. The maximum Gasteiger partial charge on any atom is 0.144 e. The first-order chi connectivity index (χ1) is 8.24. The molecule has 17 heavy (non-hydrogen) atoms. The predicted octanol–water partition coefficient (Wildman–Crippen LogP) is 2.24. The number of rotatable bonds is 3. The molecule has 0 saturated heterocycles. The van der Waals surface area contributed by atoms with Crippen molar-refractivity contribution < 1.29 is 4.74 Å². The number of methoxy groups -OCH3 is 1. The molecule has 1 aromatic heterocycles. The third kappa shape index (κ3) is 2.56. The molecular formula is C13H17N3O. The summed E-state index contributed by atoms with van der Waals surface area (Å²) < 4.78 is 5.33. The van der Waals surface area contributed by atoms with Crippen LogP contribution in [-0.2, 0) is 4.74 Å². The number of aryl methyl sites for hydroxylation is 1. The van der Waals surface area contributed by atoms with E-state index in [1.807, 2.05) is 13.0 Å². The molecule has 0 aliphatic heterocycles. The third-order valence-corrected chi connectivity index (χ3v) is 3.33. The van der Waals surface area contributed by atoms with Gasteiger partial charge in [-0.05, 0) is 37.8 Å². The summed E-state index contributed by atoms with van der Waals surface area (Å²) in [5, 5.41) is 12.5. The first-order valence-electron chi connectivity index (χ1n) is 5.89. The number of nitrogens with zero attached hydrogens (tertiary/aromatic N) is 2. The fraction of sp³-hybridized carbons (Fsp3) is 0.538. The van der Waals surface area contributed by atoms with Crippen molar-refractivity contribution in [2.75, 3.05) is 12.4 Å². The zero-order chi connectivity index (χ0) is 12.3. The van der Waals surface area contributed by atoms with Gasteiger partial charge in [0.25, 0.3) is 0 Å². The fourth-order valence-electron chi connectivity index (χ4n) is 2.29. The maximum atomic E-state index is 9.12. The Kier molecular flexibility index (Phi) is 3.60. The van der Waals surface area contributed by atoms with Crippen LogP contribution in [0.2, 0.25) is 0 Å². The van der Waals surface area contributed by atoms with E-state index in [0.717, 1.165) is 24.8 Å². The number of hydrogen-bond acceptors (Lipinski definition) is 4. The molecule has 0 aromatic carbocycles. The van der Waals surface area contributed by atoms with Crippen LogP contribution in [0.1, 0.15) is 30.4 Å². The average Bonchev–Trinajstić information content (AvgIpc) is 2.77. The molecule has 1 N–H and O–H groups in total. The quantitative estimate of drug-likeness (QED) is 0.866. The van der Waals surface area contributed by atoms with Gasteiger partial charge >= 0.3 is 0 Å². The van der Waals surface area contributed by atoms with Gasteiger partial charge in [-0.15, -0.1) is 0 Å². The first kappa shape index (κ1) is 11.9. The predicted molar refractivity (Wildman–Crippen MR) is 65.7 cm³/mol. The number of ether oxygens (including phenoxy) is 1. The van der Waals surface area contributed by atoms with E-state index >= 15 is 0 Å². The van der Waals surface area contributed by atoms with Crippen LogP contribution in [0.3, 0.4) is 0 Å². The van der Waals surface area contributed by atoms with Gasteiger partial charge < -0.3 is 10.1 Å². The van der Waals surface area contributed by atoms with Crippen molar-refractivity contribution in [3.8, 4) is 6.07 Å². The first-order valence-corrected chi connectivity index (χ1v) is 5.89. The highest BCUT2D eigenvalue weighted by molar-refractivity contribution is 5.55. The van der Waals surface area contributed by atoms with Gasteiger partial charge in [0.2, 0.25) is 0 Å². The van der Waals surface area contributed by atoms with Gasteiger partial charge in [0.15, 0.2) is 0 Å². The van der Waals surface area contributed by atoms with E-state index in [2.05, 4.69) is 16.4 Å². The zero-order valence-corrected chi connectivity index (χ0v) is 10.2. The average molecular weight is 231 g/mol. The number of nitrogens with one attached hydrogen (secondary N) is 1. The molecule has 90 valence electrons. The van der Waals surface area contributed by atoms with Gasteiger partial charge in [0.05, 0.1) is 11.7 Å². The molecular weight excluding hydrogens is 214 g/mol. The number of aromatic nitrogens is 1. The number of nitriles is 1. The Bertz CT molecular complexity index is 439. The molecule has 0 amide bonds. The standard InChI is InChI=1S/C13H17N3O/c1-9-5-6-15-13(12(9)8-14)16-10-3-4-11(7-10)17-2/h5-6,10-11H,3-4,7H2,1-2H3,(H,15,16). The number of pyridine rings is 1. The van der Waals surface area contributed by atoms with Crippen LogP contribution < -0.4 is 5.32 Å². The topological polar surface area (TPSA) is 57.9 Å². The van der Waals surface area contributed by atoms with Gasteiger partial charge in [-0.1, -0.05) is 0 Å². The Morgan fingerprint density at radius 2 is 2.35 bits per heavy atom. The molecule has 1 fully saturated rings. The molecule has 2 rings (SSSR count). The lowest BCUT2D eigenvalue weighted by Crippen LogP contribution is -2.19. The molecule has 4 heteroatoms. The molecule has 1 saturated carbocycles. The highest BCUT2D eigenvalue weighted by Crippen LogP contribution is 2.25. The Hall–Kier alpha value is -1.60. The van der Waals surface area contributed by atoms with Crippen molar-refractivity contribution in [3.05, 3.63) is 23.4 Å². The largest absolute Gasteiger partial charge is 0.381 e. The summed E-state index contributed by atoms with van der Waals surface area (Å²) in [6.45, 7) is 1.93. The smallest absolute Gasteiger partial charge is 0.144 e. The van der Waals surface area contributed by atoms with E-state index in [-0.39, 0.29) is 0 Å². The summed E-state index contributed by atoms with van der Waals surface area (Å²) >= 11 is 0. The minimum atomic E-state index is 0.336. The molecule has 1 aromatic rings. The lowest BCUT2D eigenvalue weighted by Gasteiger charge is -2.15. The summed E-state index contributed by atoms with van der Waals surface area (Å²) in [5.41, 5.74) is 1.61. The van der Waals surface area contributed by atoms with E-state index in [9.17, 15) is 0 Å². The highest BCUT2D eigenvalue weighted by Gasteiger charge is 2.25. The van der Waals surface area contributed by atoms with E-state index in [1.165, 1.54) is 0 Å². The monoisotopic (exact) mass is 231 g/mol. The fourth-order valence-corrected chi connectivity index (χ4v) is 2.29. The van der Waals surface area contributed by atoms with Gasteiger partial charge in [-0.2, -0.15) is 5.26 Å². The Morgan fingerprint density at radius 3 is 3.00 bits per heavy atom. The van der Waals surface area contributed by atoms with E-state index < -0.39 is 0 Å². The summed E-state index contributed by atoms with van der Waals surface area (Å²) in [6, 6.07) is 4.43.